The highest BCUT2D eigenvalue weighted by Gasteiger charge is 2.18. The van der Waals surface area contributed by atoms with E-state index in [0.717, 1.165) is 28.0 Å². The van der Waals surface area contributed by atoms with Gasteiger partial charge in [0, 0.05) is 5.56 Å². The molecule has 0 fully saturated rings. The van der Waals surface area contributed by atoms with Gasteiger partial charge in [0.1, 0.15) is 0 Å². The largest absolute Gasteiger partial charge is 0.321 e. The van der Waals surface area contributed by atoms with Gasteiger partial charge in [0.2, 0.25) is 0 Å². The first-order valence-corrected chi connectivity index (χ1v) is 8.39. The number of rotatable bonds is 5. The van der Waals surface area contributed by atoms with Gasteiger partial charge >= 0.3 is 5.37 Å². The third kappa shape index (κ3) is 3.98. The Morgan fingerprint density at radius 1 is 0.840 bits per heavy atom. The predicted molar refractivity (Wildman–Crippen MR) is 105 cm³/mol. The number of nitrogens with zero attached hydrogens (tertiary/aromatic N) is 1. The van der Waals surface area contributed by atoms with Gasteiger partial charge in [0.05, 0.1) is 12.2 Å². The second-order valence-electron chi connectivity index (χ2n) is 5.69. The van der Waals surface area contributed by atoms with Crippen LogP contribution in [0.4, 0.5) is 10.5 Å². The first-order chi connectivity index (χ1) is 12.2. The summed E-state index contributed by atoms with van der Waals surface area (Å²) in [5.41, 5.74) is 4.51. The van der Waals surface area contributed by atoms with E-state index in [1.54, 1.807) is 4.90 Å². The minimum atomic E-state index is -0.517. The Balaban J connectivity index is 2.00. The lowest BCUT2D eigenvalue weighted by atomic mass is 9.97. The Morgan fingerprint density at radius 3 is 2.04 bits per heavy atom. The van der Waals surface area contributed by atoms with Crippen molar-refractivity contribution < 1.29 is 4.79 Å². The van der Waals surface area contributed by atoms with Gasteiger partial charge in [-0.25, -0.2) is 0 Å². The number of benzene rings is 3. The van der Waals surface area contributed by atoms with Crippen molar-refractivity contribution in [3.63, 3.8) is 0 Å². The molecule has 0 aliphatic rings. The lowest BCUT2D eigenvalue weighted by molar-refractivity contribution is 0.264. The topological polar surface area (TPSA) is 20.3 Å². The van der Waals surface area contributed by atoms with Gasteiger partial charge in [-0.3, -0.25) is 9.69 Å². The second-order valence-corrected chi connectivity index (χ2v) is 6.01. The molecule has 0 aliphatic heterocycles. The van der Waals surface area contributed by atoms with Gasteiger partial charge in [-0.1, -0.05) is 85.4 Å². The van der Waals surface area contributed by atoms with Crippen LogP contribution in [0, 0.1) is 0 Å². The fourth-order valence-electron chi connectivity index (χ4n) is 2.77. The highest BCUT2D eigenvalue weighted by molar-refractivity contribution is 6.66. The minimum absolute atomic E-state index is 0.405. The SMILES string of the molecule is C=C(c1ccccc1)c1ccccc1N(Cc1ccccc1)C(=O)Cl. The number of anilines is 1. The summed E-state index contributed by atoms with van der Waals surface area (Å²) in [7, 11) is 0. The van der Waals surface area contributed by atoms with E-state index in [0.29, 0.717) is 6.54 Å². The van der Waals surface area contributed by atoms with Crippen LogP contribution in [-0.2, 0) is 6.54 Å². The molecule has 3 heteroatoms. The molecule has 0 bridgehead atoms. The van der Waals surface area contributed by atoms with Crippen molar-refractivity contribution in [2.45, 2.75) is 6.54 Å². The summed E-state index contributed by atoms with van der Waals surface area (Å²) in [6.45, 7) is 4.63. The summed E-state index contributed by atoms with van der Waals surface area (Å²) < 4.78 is 0. The standard InChI is InChI=1S/C22H18ClNO/c1-17(19-12-6-3-7-13-19)20-14-8-9-15-21(20)24(22(23)25)16-18-10-4-2-5-11-18/h2-15H,1,16H2. The third-order valence-corrected chi connectivity index (χ3v) is 4.24. The van der Waals surface area contributed by atoms with Gasteiger partial charge in [-0.15, -0.1) is 0 Å². The predicted octanol–water partition coefficient (Wildman–Crippen LogP) is 6.11. The first-order valence-electron chi connectivity index (χ1n) is 8.01. The van der Waals surface area contributed by atoms with Crippen LogP contribution in [0.15, 0.2) is 91.5 Å². The van der Waals surface area contributed by atoms with Crippen molar-refractivity contribution >= 4 is 28.2 Å². The van der Waals surface area contributed by atoms with Crippen LogP contribution < -0.4 is 4.90 Å². The number of carbonyl (C=O) groups excluding carboxylic acids is 1. The monoisotopic (exact) mass is 347 g/mol. The van der Waals surface area contributed by atoms with Crippen LogP contribution in [0.2, 0.25) is 0 Å². The second kappa shape index (κ2) is 7.82. The van der Waals surface area contributed by atoms with Crippen LogP contribution in [0.5, 0.6) is 0 Å². The molecule has 3 rings (SSSR count). The fourth-order valence-corrected chi connectivity index (χ4v) is 2.92. The number of hydrogen-bond acceptors (Lipinski definition) is 1. The van der Waals surface area contributed by atoms with Crippen molar-refractivity contribution in [3.8, 4) is 0 Å². The Morgan fingerprint density at radius 2 is 1.40 bits per heavy atom. The van der Waals surface area contributed by atoms with Crippen LogP contribution >= 0.6 is 11.6 Å². The molecule has 0 heterocycles. The molecule has 0 atom stereocenters. The van der Waals surface area contributed by atoms with Crippen LogP contribution in [0.1, 0.15) is 16.7 Å². The van der Waals surface area contributed by atoms with E-state index >= 15 is 0 Å². The molecule has 3 aromatic carbocycles. The summed E-state index contributed by atoms with van der Waals surface area (Å²) in [6.07, 6.45) is 0. The maximum Gasteiger partial charge on any atom is 0.321 e. The molecule has 0 spiro atoms. The summed E-state index contributed by atoms with van der Waals surface area (Å²) in [5, 5.41) is -0.517. The highest BCUT2D eigenvalue weighted by atomic mass is 35.5. The van der Waals surface area contributed by atoms with Crippen LogP contribution in [0.25, 0.3) is 5.57 Å². The maximum atomic E-state index is 12.1. The third-order valence-electron chi connectivity index (χ3n) is 4.04. The number of para-hydroxylation sites is 1. The average Bonchev–Trinajstić information content (AvgIpc) is 2.67. The Labute approximate surface area is 153 Å². The van der Waals surface area contributed by atoms with E-state index in [-0.39, 0.29) is 0 Å². The number of carbonyl (C=O) groups is 1. The summed E-state index contributed by atoms with van der Waals surface area (Å²) in [5.74, 6) is 0. The minimum Gasteiger partial charge on any atom is -0.294 e. The number of amides is 1. The summed E-state index contributed by atoms with van der Waals surface area (Å²) in [4.78, 5) is 13.7. The highest BCUT2D eigenvalue weighted by Crippen LogP contribution is 2.32. The Bertz CT molecular complexity index is 875. The molecule has 0 unspecified atom stereocenters. The van der Waals surface area contributed by atoms with Gasteiger partial charge in [0.25, 0.3) is 0 Å². The number of hydrogen-bond donors (Lipinski definition) is 0. The molecule has 0 saturated heterocycles. The summed E-state index contributed by atoms with van der Waals surface area (Å²) in [6, 6.07) is 27.4. The molecule has 0 aliphatic carbocycles. The van der Waals surface area contributed by atoms with Crippen molar-refractivity contribution in [1.82, 2.24) is 0 Å². The zero-order valence-electron chi connectivity index (χ0n) is 13.7. The van der Waals surface area contributed by atoms with Crippen LogP contribution in [0.3, 0.4) is 0 Å². The molecule has 0 saturated carbocycles. The normalized spacial score (nSPS) is 10.3. The average molecular weight is 348 g/mol. The molecule has 1 amide bonds. The van der Waals surface area contributed by atoms with Gasteiger partial charge < -0.3 is 0 Å². The smallest absolute Gasteiger partial charge is 0.294 e. The molecule has 3 aromatic rings. The molecule has 0 N–H and O–H groups in total. The quantitative estimate of drug-likeness (QED) is 0.402. The van der Waals surface area contributed by atoms with Crippen molar-refractivity contribution in [1.29, 1.82) is 0 Å². The van der Waals surface area contributed by atoms with E-state index < -0.39 is 5.37 Å². The molecular formula is C22H18ClNO. The lowest BCUT2D eigenvalue weighted by Gasteiger charge is -2.24. The van der Waals surface area contributed by atoms with Gasteiger partial charge in [-0.2, -0.15) is 0 Å². The fraction of sp³-hybridized carbons (Fsp3) is 0.0455. The van der Waals surface area contributed by atoms with Crippen LogP contribution in [-0.4, -0.2) is 5.37 Å². The van der Waals surface area contributed by atoms with Crippen molar-refractivity contribution in [2.75, 3.05) is 4.90 Å². The van der Waals surface area contributed by atoms with Crippen molar-refractivity contribution in [3.05, 3.63) is 108 Å². The van der Waals surface area contributed by atoms with E-state index in [1.807, 2.05) is 84.9 Å². The number of halogens is 1. The first kappa shape index (κ1) is 17.0. The Kier molecular flexibility index (Phi) is 5.32. The molecule has 124 valence electrons. The zero-order valence-corrected chi connectivity index (χ0v) is 14.5. The molecular weight excluding hydrogens is 330 g/mol. The zero-order chi connectivity index (χ0) is 17.6. The Hall–Kier alpha value is -2.84. The van der Waals surface area contributed by atoms with E-state index in [1.165, 1.54) is 0 Å². The van der Waals surface area contributed by atoms with Gasteiger partial charge in [-0.05, 0) is 34.4 Å². The van der Waals surface area contributed by atoms with E-state index in [4.69, 9.17) is 11.6 Å². The van der Waals surface area contributed by atoms with E-state index in [9.17, 15) is 4.79 Å². The maximum absolute atomic E-state index is 12.1. The molecule has 25 heavy (non-hydrogen) atoms. The molecule has 0 aromatic heterocycles. The lowest BCUT2D eigenvalue weighted by Crippen LogP contribution is -2.26. The van der Waals surface area contributed by atoms with E-state index in [2.05, 4.69) is 6.58 Å². The summed E-state index contributed by atoms with van der Waals surface area (Å²) >= 11 is 5.91. The molecule has 2 nitrogen and oxygen atoms in total. The molecule has 0 radical (unpaired) electrons. The van der Waals surface area contributed by atoms with Gasteiger partial charge in [0.15, 0.2) is 0 Å². The van der Waals surface area contributed by atoms with Crippen molar-refractivity contribution in [2.24, 2.45) is 0 Å².